The van der Waals surface area contributed by atoms with E-state index < -0.39 is 6.04 Å². The highest BCUT2D eigenvalue weighted by Gasteiger charge is 2.19. The number of ether oxygens (including phenoxy) is 2. The summed E-state index contributed by atoms with van der Waals surface area (Å²) in [7, 11) is 0. The van der Waals surface area contributed by atoms with Gasteiger partial charge in [-0.15, -0.1) is 0 Å². The molecule has 0 aliphatic rings. The third-order valence-corrected chi connectivity index (χ3v) is 7.11. The molecule has 220 valence electrons. The van der Waals surface area contributed by atoms with Gasteiger partial charge < -0.3 is 26.3 Å². The number of rotatable bonds is 17. The van der Waals surface area contributed by atoms with Crippen LogP contribution >= 0.6 is 0 Å². The summed E-state index contributed by atoms with van der Waals surface area (Å²) in [6, 6.07) is 31.5. The van der Waals surface area contributed by atoms with Gasteiger partial charge in [-0.3, -0.25) is 4.79 Å². The number of nitrogens with zero attached hydrogens (tertiary/aromatic N) is 1. The molecule has 0 aliphatic heterocycles. The zero-order chi connectivity index (χ0) is 29.4. The molecule has 0 spiro atoms. The number of amides is 1. The molecule has 0 saturated heterocycles. The Kier molecular flexibility index (Phi) is 12.1. The normalized spacial score (nSPS) is 11.5. The highest BCUT2D eigenvalue weighted by molar-refractivity contribution is 5.89. The van der Waals surface area contributed by atoms with Crippen molar-refractivity contribution in [3.8, 4) is 11.5 Å². The lowest BCUT2D eigenvalue weighted by Gasteiger charge is -2.15. The first-order chi connectivity index (χ1) is 20.6. The minimum atomic E-state index is -0.654. The molecule has 7 nitrogen and oxygen atoms in total. The Bertz CT molecular complexity index is 1400. The smallest absolute Gasteiger partial charge is 0.245 e. The molecule has 42 heavy (non-hydrogen) atoms. The summed E-state index contributed by atoms with van der Waals surface area (Å²) < 4.78 is 11.7. The molecule has 0 heterocycles. The van der Waals surface area contributed by atoms with Gasteiger partial charge >= 0.3 is 0 Å². The predicted molar refractivity (Wildman–Crippen MR) is 171 cm³/mol. The molecule has 0 bridgehead atoms. The van der Waals surface area contributed by atoms with Gasteiger partial charge in [-0.2, -0.15) is 0 Å². The summed E-state index contributed by atoms with van der Waals surface area (Å²) in [4.78, 5) is 17.1. The highest BCUT2D eigenvalue weighted by atomic mass is 16.5. The molecule has 7 heteroatoms. The lowest BCUT2D eigenvalue weighted by molar-refractivity contribution is -0.122. The van der Waals surface area contributed by atoms with E-state index in [0.717, 1.165) is 71.9 Å². The van der Waals surface area contributed by atoms with Crippen molar-refractivity contribution in [1.82, 2.24) is 5.32 Å². The van der Waals surface area contributed by atoms with E-state index >= 15 is 0 Å². The fraction of sp³-hybridized carbons (Fsp3) is 0.314. The van der Waals surface area contributed by atoms with Crippen LogP contribution in [0, 0.1) is 0 Å². The van der Waals surface area contributed by atoms with E-state index in [0.29, 0.717) is 26.2 Å². The fourth-order valence-corrected chi connectivity index (χ4v) is 4.88. The van der Waals surface area contributed by atoms with Gasteiger partial charge in [0.05, 0.1) is 6.61 Å². The molecule has 0 aromatic heterocycles. The third kappa shape index (κ3) is 10.1. The Morgan fingerprint density at radius 1 is 0.714 bits per heavy atom. The van der Waals surface area contributed by atoms with Crippen molar-refractivity contribution in [3.05, 3.63) is 108 Å². The molecule has 5 N–H and O–H groups in total. The number of fused-ring (bicyclic) bond motifs is 1. The molecular weight excluding hydrogens is 524 g/mol. The molecule has 4 aromatic rings. The number of nitrogens with two attached hydrogens (primary N) is 2. The molecule has 4 rings (SSSR count). The molecule has 1 unspecified atom stereocenters. The summed E-state index contributed by atoms with van der Waals surface area (Å²) >= 11 is 0. The summed E-state index contributed by atoms with van der Waals surface area (Å²) in [5.41, 5.74) is 13.5. The van der Waals surface area contributed by atoms with Crippen LogP contribution in [0.2, 0.25) is 0 Å². The van der Waals surface area contributed by atoms with Crippen molar-refractivity contribution in [2.75, 3.05) is 13.2 Å². The van der Waals surface area contributed by atoms with Crippen LogP contribution in [-0.2, 0) is 17.8 Å². The standard InChI is InChI=1S/C35H42N4O3/c36-35(37)39-33(25-29-17-12-16-28-15-8-9-18-32(28)29)34(40)38-23-10-3-1-2-4-11-24-41-30-19-21-31(22-20-30)42-26-27-13-6-5-7-14-27/h5-9,12-22,33H,1-4,10-11,23-26H2,(H,38,40)(H4,36,37,39). The summed E-state index contributed by atoms with van der Waals surface area (Å²) in [6.07, 6.45) is 6.81. The van der Waals surface area contributed by atoms with E-state index in [1.807, 2.05) is 66.7 Å². The van der Waals surface area contributed by atoms with Crippen LogP contribution in [0.3, 0.4) is 0 Å². The van der Waals surface area contributed by atoms with Gasteiger partial charge in [-0.25, -0.2) is 4.99 Å². The van der Waals surface area contributed by atoms with Gasteiger partial charge in [0.25, 0.3) is 0 Å². The second-order valence-corrected chi connectivity index (χ2v) is 10.4. The van der Waals surface area contributed by atoms with Crippen LogP contribution < -0.4 is 26.3 Å². The monoisotopic (exact) mass is 566 g/mol. The van der Waals surface area contributed by atoms with E-state index in [2.05, 4.69) is 40.6 Å². The van der Waals surface area contributed by atoms with Crippen LogP contribution in [0.5, 0.6) is 11.5 Å². The first-order valence-corrected chi connectivity index (χ1v) is 14.8. The van der Waals surface area contributed by atoms with Crippen LogP contribution in [0.25, 0.3) is 10.8 Å². The fourth-order valence-electron chi connectivity index (χ4n) is 4.88. The number of guanidine groups is 1. The first kappa shape index (κ1) is 30.4. The van der Waals surface area contributed by atoms with Crippen molar-refractivity contribution in [2.24, 2.45) is 16.5 Å². The van der Waals surface area contributed by atoms with Crippen molar-refractivity contribution < 1.29 is 14.3 Å². The van der Waals surface area contributed by atoms with Crippen LogP contribution in [-0.4, -0.2) is 31.1 Å². The van der Waals surface area contributed by atoms with Crippen molar-refractivity contribution in [3.63, 3.8) is 0 Å². The van der Waals surface area contributed by atoms with E-state index in [9.17, 15) is 4.79 Å². The number of benzene rings is 4. The third-order valence-electron chi connectivity index (χ3n) is 7.11. The maximum absolute atomic E-state index is 12.9. The Morgan fingerprint density at radius 3 is 2.12 bits per heavy atom. The molecule has 1 amide bonds. The summed E-state index contributed by atoms with van der Waals surface area (Å²) in [5.74, 6) is 1.46. The number of carbonyl (C=O) groups excluding carboxylic acids is 1. The Morgan fingerprint density at radius 2 is 1.36 bits per heavy atom. The lowest BCUT2D eigenvalue weighted by atomic mass is 9.98. The van der Waals surface area contributed by atoms with Gasteiger partial charge in [0.2, 0.25) is 5.91 Å². The summed E-state index contributed by atoms with van der Waals surface area (Å²) in [5, 5.41) is 5.26. The molecule has 0 saturated carbocycles. The van der Waals surface area contributed by atoms with E-state index in [-0.39, 0.29) is 11.9 Å². The number of nitrogens with one attached hydrogen (secondary N) is 1. The molecular formula is C35H42N4O3. The van der Waals surface area contributed by atoms with Crippen LogP contribution in [0.15, 0.2) is 102 Å². The minimum Gasteiger partial charge on any atom is -0.494 e. The van der Waals surface area contributed by atoms with E-state index in [1.54, 1.807) is 0 Å². The number of hydrogen-bond acceptors (Lipinski definition) is 4. The summed E-state index contributed by atoms with van der Waals surface area (Å²) in [6.45, 7) is 1.86. The second-order valence-electron chi connectivity index (χ2n) is 10.4. The van der Waals surface area contributed by atoms with Gasteiger partial charge in [0, 0.05) is 13.0 Å². The van der Waals surface area contributed by atoms with Crippen molar-refractivity contribution >= 4 is 22.6 Å². The van der Waals surface area contributed by atoms with E-state index in [4.69, 9.17) is 20.9 Å². The second kappa shape index (κ2) is 16.7. The molecule has 0 radical (unpaired) electrons. The number of unbranched alkanes of at least 4 members (excludes halogenated alkanes) is 5. The molecule has 4 aromatic carbocycles. The van der Waals surface area contributed by atoms with Gasteiger partial charge in [0.1, 0.15) is 24.1 Å². The Hall–Kier alpha value is -4.52. The van der Waals surface area contributed by atoms with Crippen LogP contribution in [0.1, 0.15) is 49.7 Å². The topological polar surface area (TPSA) is 112 Å². The molecule has 0 fully saturated rings. The van der Waals surface area contributed by atoms with Crippen LogP contribution in [0.4, 0.5) is 0 Å². The predicted octanol–water partition coefficient (Wildman–Crippen LogP) is 6.14. The van der Waals surface area contributed by atoms with Crippen molar-refractivity contribution in [1.29, 1.82) is 0 Å². The zero-order valence-electron chi connectivity index (χ0n) is 24.2. The van der Waals surface area contributed by atoms with Gasteiger partial charge in [0.15, 0.2) is 5.96 Å². The maximum Gasteiger partial charge on any atom is 0.245 e. The minimum absolute atomic E-state index is 0.0794. The molecule has 1 atom stereocenters. The SMILES string of the molecule is NC(N)=NC(Cc1cccc2ccccc12)C(=O)NCCCCCCCCOc1ccc(OCc2ccccc2)cc1. The average Bonchev–Trinajstić information content (AvgIpc) is 3.01. The number of aliphatic imine (C=N–C) groups is 1. The largest absolute Gasteiger partial charge is 0.494 e. The van der Waals surface area contributed by atoms with Crippen molar-refractivity contribution in [2.45, 2.75) is 57.6 Å². The van der Waals surface area contributed by atoms with Gasteiger partial charge in [-0.1, -0.05) is 98.5 Å². The number of carbonyl (C=O) groups is 1. The lowest BCUT2D eigenvalue weighted by Crippen LogP contribution is -2.38. The number of hydrogen-bond donors (Lipinski definition) is 3. The zero-order valence-corrected chi connectivity index (χ0v) is 24.2. The highest BCUT2D eigenvalue weighted by Crippen LogP contribution is 2.21. The quantitative estimate of drug-likeness (QED) is 0.0808. The maximum atomic E-state index is 12.9. The Balaban J connectivity index is 1.06. The van der Waals surface area contributed by atoms with E-state index in [1.165, 1.54) is 0 Å². The average molecular weight is 567 g/mol. The molecule has 0 aliphatic carbocycles. The first-order valence-electron chi connectivity index (χ1n) is 14.8. The van der Waals surface area contributed by atoms with Gasteiger partial charge in [-0.05, 0) is 59.0 Å². The Labute approximate surface area is 248 Å².